The van der Waals surface area contributed by atoms with E-state index in [0.29, 0.717) is 6.54 Å². The summed E-state index contributed by atoms with van der Waals surface area (Å²) in [5.41, 5.74) is 0. The van der Waals surface area contributed by atoms with Gasteiger partial charge < -0.3 is 5.11 Å². The average molecular weight is 291 g/mol. The fourth-order valence-corrected chi connectivity index (χ4v) is 3.92. The van der Waals surface area contributed by atoms with Crippen molar-refractivity contribution in [1.82, 2.24) is 4.72 Å². The van der Waals surface area contributed by atoms with E-state index in [1.54, 1.807) is 0 Å². The van der Waals surface area contributed by atoms with Crippen LogP contribution in [0.5, 0.6) is 0 Å². The third-order valence-corrected chi connectivity index (χ3v) is 5.33. The fourth-order valence-electron chi connectivity index (χ4n) is 1.55. The number of sulfonamides is 1. The molecule has 5 nitrogen and oxygen atoms in total. The molecule has 1 aromatic rings. The number of nitrogens with one attached hydrogen (secondary N) is 1. The number of carbonyl (C=O) groups is 1. The molecule has 18 heavy (non-hydrogen) atoms. The molecule has 0 unspecified atom stereocenters. The molecule has 0 saturated carbocycles. The van der Waals surface area contributed by atoms with E-state index in [4.69, 9.17) is 5.11 Å². The number of thiophene rings is 1. The van der Waals surface area contributed by atoms with Crippen LogP contribution in [0.1, 0.15) is 36.4 Å². The molecule has 0 amide bonds. The molecule has 0 atom stereocenters. The lowest BCUT2D eigenvalue weighted by atomic mass is 10.0. The Morgan fingerprint density at radius 3 is 2.56 bits per heavy atom. The summed E-state index contributed by atoms with van der Waals surface area (Å²) in [4.78, 5) is 10.6. The molecule has 1 rings (SSSR count). The molecular weight excluding hydrogens is 274 g/mol. The van der Waals surface area contributed by atoms with E-state index in [1.165, 1.54) is 11.4 Å². The number of hydrogen-bond donors (Lipinski definition) is 2. The van der Waals surface area contributed by atoms with Gasteiger partial charge >= 0.3 is 5.97 Å². The van der Waals surface area contributed by atoms with Crippen LogP contribution < -0.4 is 4.72 Å². The summed E-state index contributed by atoms with van der Waals surface area (Å²) in [6.45, 7) is 4.33. The van der Waals surface area contributed by atoms with Crippen LogP contribution in [0.15, 0.2) is 16.3 Å². The van der Waals surface area contributed by atoms with E-state index in [-0.39, 0.29) is 15.7 Å². The smallest absolute Gasteiger partial charge is 0.347 e. The Morgan fingerprint density at radius 1 is 1.44 bits per heavy atom. The van der Waals surface area contributed by atoms with Gasteiger partial charge in [-0.25, -0.2) is 17.9 Å². The van der Waals surface area contributed by atoms with Crippen molar-refractivity contribution in [3.8, 4) is 0 Å². The number of aromatic carboxylic acids is 1. The van der Waals surface area contributed by atoms with Gasteiger partial charge in [-0.2, -0.15) is 0 Å². The van der Waals surface area contributed by atoms with Gasteiger partial charge in [0, 0.05) is 6.54 Å². The molecule has 0 aliphatic heterocycles. The van der Waals surface area contributed by atoms with E-state index >= 15 is 0 Å². The van der Waals surface area contributed by atoms with Gasteiger partial charge in [-0.3, -0.25) is 0 Å². The molecule has 2 N–H and O–H groups in total. The summed E-state index contributed by atoms with van der Waals surface area (Å²) in [7, 11) is -3.73. The predicted octanol–water partition coefficient (Wildman–Crippen LogP) is 2.16. The largest absolute Gasteiger partial charge is 0.477 e. The van der Waals surface area contributed by atoms with Gasteiger partial charge in [0.05, 0.1) is 0 Å². The van der Waals surface area contributed by atoms with Crippen LogP contribution in [0, 0.1) is 5.92 Å². The Morgan fingerprint density at radius 2 is 2.06 bits per heavy atom. The van der Waals surface area contributed by atoms with E-state index in [9.17, 15) is 13.2 Å². The quantitative estimate of drug-likeness (QED) is 0.806. The second-order valence-corrected chi connectivity index (χ2v) is 6.61. The number of carboxylic acid groups (broad SMARTS) is 1. The van der Waals surface area contributed by atoms with E-state index in [1.807, 2.05) is 13.8 Å². The zero-order valence-corrected chi connectivity index (χ0v) is 12.0. The predicted molar refractivity (Wildman–Crippen MR) is 70.5 cm³/mol. The summed E-state index contributed by atoms with van der Waals surface area (Å²) in [6, 6.07) is 1.32. The van der Waals surface area contributed by atoms with Crippen molar-refractivity contribution in [1.29, 1.82) is 0 Å². The highest BCUT2D eigenvalue weighted by molar-refractivity contribution is 7.89. The molecule has 0 aromatic carbocycles. The van der Waals surface area contributed by atoms with E-state index in [2.05, 4.69) is 4.72 Å². The van der Waals surface area contributed by atoms with Crippen molar-refractivity contribution in [2.75, 3.05) is 6.54 Å². The van der Waals surface area contributed by atoms with E-state index < -0.39 is 16.0 Å². The first-order valence-electron chi connectivity index (χ1n) is 5.72. The summed E-state index contributed by atoms with van der Waals surface area (Å²) in [5.74, 6) is -0.945. The van der Waals surface area contributed by atoms with Gasteiger partial charge in [0.15, 0.2) is 0 Å². The molecule has 0 radical (unpaired) electrons. The highest BCUT2D eigenvalue weighted by Crippen LogP contribution is 2.22. The topological polar surface area (TPSA) is 83.5 Å². The van der Waals surface area contributed by atoms with Gasteiger partial charge in [-0.05, 0) is 17.4 Å². The van der Waals surface area contributed by atoms with Gasteiger partial charge in [0.1, 0.15) is 9.77 Å². The maximum absolute atomic E-state index is 12.0. The Labute approximate surface area is 111 Å². The third-order valence-electron chi connectivity index (χ3n) is 2.83. The van der Waals surface area contributed by atoms with Gasteiger partial charge in [-0.15, -0.1) is 11.3 Å². The fraction of sp³-hybridized carbons (Fsp3) is 0.545. The van der Waals surface area contributed by atoms with Crippen molar-refractivity contribution in [3.63, 3.8) is 0 Å². The minimum Gasteiger partial charge on any atom is -0.477 e. The molecule has 0 spiro atoms. The normalized spacial score (nSPS) is 11.9. The maximum atomic E-state index is 12.0. The van der Waals surface area contributed by atoms with Crippen LogP contribution in [-0.2, 0) is 10.0 Å². The highest BCUT2D eigenvalue weighted by Gasteiger charge is 2.23. The Bertz CT molecular complexity index is 503. The van der Waals surface area contributed by atoms with Crippen LogP contribution >= 0.6 is 11.3 Å². The molecule has 0 bridgehead atoms. The molecule has 1 aromatic heterocycles. The summed E-state index contributed by atoms with van der Waals surface area (Å²) in [6.07, 6.45) is 1.77. The molecule has 0 saturated heterocycles. The van der Waals surface area contributed by atoms with Gasteiger partial charge in [0.25, 0.3) is 0 Å². The standard InChI is InChI=1S/C11H17NO4S2/c1-3-8(4-2)7-12-18(15,16)9-5-6-17-10(9)11(13)14/h5-6,8,12H,3-4,7H2,1-2H3,(H,13,14). The zero-order chi connectivity index (χ0) is 13.8. The summed E-state index contributed by atoms with van der Waals surface area (Å²) >= 11 is 0.912. The Kier molecular flexibility index (Phi) is 5.30. The van der Waals surface area contributed by atoms with Gasteiger partial charge in [-0.1, -0.05) is 26.7 Å². The van der Waals surface area contributed by atoms with Crippen molar-refractivity contribution in [3.05, 3.63) is 16.3 Å². The molecular formula is C11H17NO4S2. The van der Waals surface area contributed by atoms with Crippen molar-refractivity contribution >= 4 is 27.3 Å². The zero-order valence-electron chi connectivity index (χ0n) is 10.3. The minimum absolute atomic E-state index is 0.146. The first kappa shape index (κ1) is 15.1. The number of hydrogen-bond acceptors (Lipinski definition) is 4. The van der Waals surface area contributed by atoms with Crippen molar-refractivity contribution in [2.45, 2.75) is 31.6 Å². The second kappa shape index (κ2) is 6.31. The summed E-state index contributed by atoms with van der Waals surface area (Å²) < 4.78 is 26.4. The first-order valence-corrected chi connectivity index (χ1v) is 8.09. The second-order valence-electron chi connectivity index (χ2n) is 3.95. The first-order chi connectivity index (χ1) is 8.42. The Hall–Kier alpha value is -0.920. The van der Waals surface area contributed by atoms with Crippen LogP contribution in [-0.4, -0.2) is 26.0 Å². The van der Waals surface area contributed by atoms with Crippen molar-refractivity contribution in [2.24, 2.45) is 5.92 Å². The molecule has 7 heteroatoms. The SMILES string of the molecule is CCC(CC)CNS(=O)(=O)c1ccsc1C(=O)O. The van der Waals surface area contributed by atoms with Crippen molar-refractivity contribution < 1.29 is 18.3 Å². The van der Waals surface area contributed by atoms with Crippen LogP contribution in [0.2, 0.25) is 0 Å². The van der Waals surface area contributed by atoms with Gasteiger partial charge in [0.2, 0.25) is 10.0 Å². The summed E-state index contributed by atoms with van der Waals surface area (Å²) in [5, 5.41) is 10.4. The third kappa shape index (κ3) is 3.54. The molecule has 102 valence electrons. The monoisotopic (exact) mass is 291 g/mol. The minimum atomic E-state index is -3.73. The van der Waals surface area contributed by atoms with Crippen LogP contribution in [0.25, 0.3) is 0 Å². The lowest BCUT2D eigenvalue weighted by Crippen LogP contribution is -2.29. The van der Waals surface area contributed by atoms with E-state index in [0.717, 1.165) is 24.2 Å². The molecule has 0 aliphatic rings. The lowest BCUT2D eigenvalue weighted by Gasteiger charge is -2.13. The van der Waals surface area contributed by atoms with Crippen LogP contribution in [0.3, 0.4) is 0 Å². The number of rotatable bonds is 7. The maximum Gasteiger partial charge on any atom is 0.347 e. The molecule has 0 fully saturated rings. The average Bonchev–Trinajstić information content (AvgIpc) is 2.80. The van der Waals surface area contributed by atoms with Crippen LogP contribution in [0.4, 0.5) is 0 Å². The Balaban J connectivity index is 2.87. The number of carboxylic acids is 1. The molecule has 1 heterocycles. The molecule has 0 aliphatic carbocycles. The highest BCUT2D eigenvalue weighted by atomic mass is 32.2. The lowest BCUT2D eigenvalue weighted by molar-refractivity contribution is 0.0698.